The third kappa shape index (κ3) is 5.39. The van der Waals surface area contributed by atoms with E-state index >= 15 is 0 Å². The van der Waals surface area contributed by atoms with Crippen molar-refractivity contribution < 1.29 is 23.8 Å². The molecular weight excluding hydrogens is 346 g/mol. The second kappa shape index (κ2) is 8.94. The van der Waals surface area contributed by atoms with E-state index in [4.69, 9.17) is 25.8 Å². The zero-order valence-corrected chi connectivity index (χ0v) is 14.6. The predicted molar refractivity (Wildman–Crippen MR) is 93.1 cm³/mol. The fourth-order valence-electron chi connectivity index (χ4n) is 2.07. The summed E-state index contributed by atoms with van der Waals surface area (Å²) in [5.41, 5.74) is 1.06. The first-order valence-electron chi connectivity index (χ1n) is 7.43. The number of carbonyl (C=O) groups is 2. The summed E-state index contributed by atoms with van der Waals surface area (Å²) in [6, 6.07) is 11.8. The molecule has 1 N–H and O–H groups in total. The largest absolute Gasteiger partial charge is 0.497 e. The Morgan fingerprint density at radius 3 is 2.56 bits per heavy atom. The SMILES string of the molecule is COc1ccc(C(=O)OCC(=O)NCc2cccc(Cl)c2)c(OC)c1. The third-order valence-corrected chi connectivity index (χ3v) is 3.58. The molecule has 7 heteroatoms. The molecule has 6 nitrogen and oxygen atoms in total. The molecule has 132 valence electrons. The van der Waals surface area contributed by atoms with Gasteiger partial charge in [0.1, 0.15) is 17.1 Å². The Bertz CT molecular complexity index is 763. The molecule has 0 radical (unpaired) electrons. The zero-order valence-electron chi connectivity index (χ0n) is 13.9. The molecule has 0 saturated carbocycles. The van der Waals surface area contributed by atoms with Crippen LogP contribution in [-0.4, -0.2) is 32.7 Å². The topological polar surface area (TPSA) is 73.9 Å². The standard InChI is InChI=1S/C18H18ClNO5/c1-23-14-6-7-15(16(9-14)24-2)18(22)25-11-17(21)20-10-12-4-3-5-13(19)8-12/h3-9H,10-11H2,1-2H3,(H,20,21). The average Bonchev–Trinajstić information content (AvgIpc) is 2.63. The Labute approximate surface area is 150 Å². The van der Waals surface area contributed by atoms with Crippen LogP contribution >= 0.6 is 11.6 Å². The van der Waals surface area contributed by atoms with Crippen molar-refractivity contribution in [2.45, 2.75) is 6.54 Å². The molecule has 0 spiro atoms. The number of rotatable bonds is 7. The first kappa shape index (κ1) is 18.6. The molecule has 0 atom stereocenters. The Hall–Kier alpha value is -2.73. The molecule has 0 saturated heterocycles. The minimum atomic E-state index is -0.655. The van der Waals surface area contributed by atoms with Gasteiger partial charge in [0.05, 0.1) is 14.2 Å². The number of esters is 1. The number of methoxy groups -OCH3 is 2. The van der Waals surface area contributed by atoms with E-state index in [1.165, 1.54) is 20.3 Å². The molecule has 0 aliphatic carbocycles. The summed E-state index contributed by atoms with van der Waals surface area (Å²) < 4.78 is 15.2. The van der Waals surface area contributed by atoms with Gasteiger partial charge in [-0.15, -0.1) is 0 Å². The van der Waals surface area contributed by atoms with Gasteiger partial charge < -0.3 is 19.5 Å². The van der Waals surface area contributed by atoms with Gasteiger partial charge in [0.25, 0.3) is 5.91 Å². The van der Waals surface area contributed by atoms with Crippen LogP contribution in [0.4, 0.5) is 0 Å². The number of hydrogen-bond donors (Lipinski definition) is 1. The summed E-state index contributed by atoms with van der Waals surface area (Å²) in [6.45, 7) is -0.0998. The highest BCUT2D eigenvalue weighted by molar-refractivity contribution is 6.30. The van der Waals surface area contributed by atoms with E-state index in [1.54, 1.807) is 30.3 Å². The number of nitrogens with one attached hydrogen (secondary N) is 1. The molecule has 2 aromatic carbocycles. The minimum Gasteiger partial charge on any atom is -0.497 e. The molecule has 0 bridgehead atoms. The van der Waals surface area contributed by atoms with Crippen LogP contribution in [0.2, 0.25) is 5.02 Å². The van der Waals surface area contributed by atoms with Crippen molar-refractivity contribution in [1.82, 2.24) is 5.32 Å². The maximum absolute atomic E-state index is 12.1. The number of hydrogen-bond acceptors (Lipinski definition) is 5. The molecular formula is C18H18ClNO5. The summed E-state index contributed by atoms with van der Waals surface area (Å²) in [4.78, 5) is 23.9. The van der Waals surface area contributed by atoms with E-state index in [0.29, 0.717) is 23.1 Å². The van der Waals surface area contributed by atoms with Crippen LogP contribution < -0.4 is 14.8 Å². The zero-order chi connectivity index (χ0) is 18.2. The molecule has 0 heterocycles. The van der Waals surface area contributed by atoms with Crippen molar-refractivity contribution in [2.24, 2.45) is 0 Å². The Morgan fingerprint density at radius 1 is 1.08 bits per heavy atom. The van der Waals surface area contributed by atoms with E-state index in [2.05, 4.69) is 5.32 Å². The lowest BCUT2D eigenvalue weighted by molar-refractivity contribution is -0.124. The first-order chi connectivity index (χ1) is 12.0. The van der Waals surface area contributed by atoms with Gasteiger partial charge in [0.15, 0.2) is 6.61 Å². The molecule has 25 heavy (non-hydrogen) atoms. The lowest BCUT2D eigenvalue weighted by Crippen LogP contribution is -2.28. The van der Waals surface area contributed by atoms with Crippen LogP contribution in [0.1, 0.15) is 15.9 Å². The Morgan fingerprint density at radius 2 is 1.88 bits per heavy atom. The molecule has 0 unspecified atom stereocenters. The second-order valence-electron chi connectivity index (χ2n) is 5.05. The number of carbonyl (C=O) groups excluding carboxylic acids is 2. The van der Waals surface area contributed by atoms with Gasteiger partial charge >= 0.3 is 5.97 Å². The summed E-state index contributed by atoms with van der Waals surface area (Å²) >= 11 is 5.88. The van der Waals surface area contributed by atoms with E-state index in [0.717, 1.165) is 5.56 Å². The Balaban J connectivity index is 1.88. The number of benzene rings is 2. The maximum atomic E-state index is 12.1. The third-order valence-electron chi connectivity index (χ3n) is 3.34. The highest BCUT2D eigenvalue weighted by Crippen LogP contribution is 2.25. The van der Waals surface area contributed by atoms with E-state index in [-0.39, 0.29) is 5.56 Å². The second-order valence-corrected chi connectivity index (χ2v) is 5.49. The monoisotopic (exact) mass is 363 g/mol. The van der Waals surface area contributed by atoms with Crippen molar-refractivity contribution in [2.75, 3.05) is 20.8 Å². The molecule has 2 rings (SSSR count). The summed E-state index contributed by atoms with van der Waals surface area (Å²) in [5.74, 6) is -0.213. The molecule has 1 amide bonds. The van der Waals surface area contributed by atoms with E-state index in [9.17, 15) is 9.59 Å². The highest BCUT2D eigenvalue weighted by Gasteiger charge is 2.16. The molecule has 0 aliphatic rings. The molecule has 0 fully saturated rings. The van der Waals surface area contributed by atoms with Crippen molar-refractivity contribution in [3.05, 3.63) is 58.6 Å². The van der Waals surface area contributed by atoms with Gasteiger partial charge in [-0.1, -0.05) is 23.7 Å². The quantitative estimate of drug-likeness (QED) is 0.766. The average molecular weight is 364 g/mol. The Kier molecular flexibility index (Phi) is 6.65. The predicted octanol–water partition coefficient (Wildman–Crippen LogP) is 2.83. The van der Waals surface area contributed by atoms with Crippen molar-refractivity contribution in [3.63, 3.8) is 0 Å². The van der Waals surface area contributed by atoms with Gasteiger partial charge in [-0.3, -0.25) is 4.79 Å². The van der Waals surface area contributed by atoms with Crippen LogP contribution in [0.15, 0.2) is 42.5 Å². The molecule has 0 aromatic heterocycles. The van der Waals surface area contributed by atoms with Crippen LogP contribution in [0.25, 0.3) is 0 Å². The van der Waals surface area contributed by atoms with Crippen LogP contribution in [0.3, 0.4) is 0 Å². The number of amides is 1. The summed E-state index contributed by atoms with van der Waals surface area (Å²) in [5, 5.41) is 3.24. The normalized spacial score (nSPS) is 10.0. The smallest absolute Gasteiger partial charge is 0.342 e. The first-order valence-corrected chi connectivity index (χ1v) is 7.81. The van der Waals surface area contributed by atoms with Crippen LogP contribution in [0, 0.1) is 0 Å². The molecule has 0 aliphatic heterocycles. The minimum absolute atomic E-state index is 0.214. The van der Waals surface area contributed by atoms with Crippen molar-refractivity contribution >= 4 is 23.5 Å². The highest BCUT2D eigenvalue weighted by atomic mass is 35.5. The molecule has 2 aromatic rings. The number of halogens is 1. The van der Waals surface area contributed by atoms with E-state index in [1.807, 2.05) is 6.07 Å². The van der Waals surface area contributed by atoms with Gasteiger partial charge in [-0.2, -0.15) is 0 Å². The lowest BCUT2D eigenvalue weighted by Gasteiger charge is -2.10. The maximum Gasteiger partial charge on any atom is 0.342 e. The lowest BCUT2D eigenvalue weighted by atomic mass is 10.2. The fourth-order valence-corrected chi connectivity index (χ4v) is 2.29. The summed E-state index contributed by atoms with van der Waals surface area (Å²) in [6.07, 6.45) is 0. The van der Waals surface area contributed by atoms with E-state index < -0.39 is 18.5 Å². The van der Waals surface area contributed by atoms with Gasteiger partial charge in [-0.05, 0) is 29.8 Å². The van der Waals surface area contributed by atoms with Crippen LogP contribution in [0.5, 0.6) is 11.5 Å². The fraction of sp³-hybridized carbons (Fsp3) is 0.222. The van der Waals surface area contributed by atoms with Gasteiger partial charge in [0, 0.05) is 17.6 Å². The van der Waals surface area contributed by atoms with Gasteiger partial charge in [-0.25, -0.2) is 4.79 Å². The van der Waals surface area contributed by atoms with Crippen molar-refractivity contribution in [1.29, 1.82) is 0 Å². The van der Waals surface area contributed by atoms with Crippen LogP contribution in [-0.2, 0) is 16.1 Å². The summed E-state index contributed by atoms with van der Waals surface area (Å²) in [7, 11) is 2.94. The number of ether oxygens (including phenoxy) is 3. The van der Waals surface area contributed by atoms with Gasteiger partial charge in [0.2, 0.25) is 0 Å². The van der Waals surface area contributed by atoms with Crippen molar-refractivity contribution in [3.8, 4) is 11.5 Å².